The maximum absolute atomic E-state index is 12.6. The van der Waals surface area contributed by atoms with Gasteiger partial charge in [0.05, 0.1) is 12.1 Å². The van der Waals surface area contributed by atoms with Crippen molar-refractivity contribution in [2.75, 3.05) is 18.9 Å². The van der Waals surface area contributed by atoms with Gasteiger partial charge in [-0.25, -0.2) is 4.79 Å². The van der Waals surface area contributed by atoms with Crippen molar-refractivity contribution < 1.29 is 19.1 Å². The molecule has 0 saturated heterocycles. The van der Waals surface area contributed by atoms with Crippen LogP contribution in [0.1, 0.15) is 27.0 Å². The molecule has 1 heterocycles. The van der Waals surface area contributed by atoms with Gasteiger partial charge in [0.15, 0.2) is 6.10 Å². The molecule has 2 aromatic rings. The minimum Gasteiger partial charge on any atom is -0.448 e. The number of anilines is 1. The Hall–Kier alpha value is -3.15. The van der Waals surface area contributed by atoms with Crippen molar-refractivity contribution in [3.8, 4) is 0 Å². The molecule has 27 heavy (non-hydrogen) atoms. The van der Waals surface area contributed by atoms with Crippen LogP contribution in [-0.4, -0.2) is 42.4 Å². The first-order valence-corrected chi connectivity index (χ1v) is 8.76. The normalized spacial score (nSPS) is 15.5. The fraction of sp³-hybridized carbons (Fsp3) is 0.286. The molecule has 0 aliphatic carbocycles. The summed E-state index contributed by atoms with van der Waals surface area (Å²) in [5.74, 6) is -1.20. The van der Waals surface area contributed by atoms with Crippen LogP contribution in [0.25, 0.3) is 0 Å². The van der Waals surface area contributed by atoms with Crippen LogP contribution in [-0.2, 0) is 20.7 Å². The molecule has 1 aliphatic heterocycles. The molecule has 6 heteroatoms. The quantitative estimate of drug-likeness (QED) is 0.844. The number of esters is 1. The second-order valence-electron chi connectivity index (χ2n) is 6.76. The van der Waals surface area contributed by atoms with Crippen molar-refractivity contribution in [2.24, 2.45) is 0 Å². The standard InChI is InChI=1S/C21H22N2O4/c1-13-7-6-8-14(2)19(13)22-18(24)12-23(3)20(25)17-11-15-9-4-5-10-16(15)21(26)27-17/h4-10,17H,11-12H2,1-3H3,(H,22,24). The summed E-state index contributed by atoms with van der Waals surface area (Å²) in [5.41, 5.74) is 3.92. The molecular formula is C21H22N2O4. The minimum absolute atomic E-state index is 0.123. The van der Waals surface area contributed by atoms with Gasteiger partial charge in [0.25, 0.3) is 5.91 Å². The monoisotopic (exact) mass is 366 g/mol. The van der Waals surface area contributed by atoms with E-state index in [1.54, 1.807) is 12.1 Å². The molecule has 140 valence electrons. The molecule has 0 spiro atoms. The summed E-state index contributed by atoms with van der Waals surface area (Å²) in [6, 6.07) is 12.8. The number of likely N-dealkylation sites (N-methyl/N-ethyl adjacent to an activating group) is 1. The number of carbonyl (C=O) groups is 3. The van der Waals surface area contributed by atoms with Crippen molar-refractivity contribution >= 4 is 23.5 Å². The lowest BCUT2D eigenvalue weighted by Gasteiger charge is -2.27. The van der Waals surface area contributed by atoms with E-state index in [0.29, 0.717) is 12.0 Å². The van der Waals surface area contributed by atoms with Crippen LogP contribution < -0.4 is 5.32 Å². The fourth-order valence-electron chi connectivity index (χ4n) is 3.20. The number of amides is 2. The van der Waals surface area contributed by atoms with Crippen LogP contribution in [0.5, 0.6) is 0 Å². The van der Waals surface area contributed by atoms with Crippen LogP contribution in [0, 0.1) is 13.8 Å². The molecule has 2 amide bonds. The average molecular weight is 366 g/mol. The number of nitrogens with zero attached hydrogens (tertiary/aromatic N) is 1. The summed E-state index contributed by atoms with van der Waals surface area (Å²) in [6.07, 6.45) is -0.603. The van der Waals surface area contributed by atoms with Crippen molar-refractivity contribution in [1.29, 1.82) is 0 Å². The van der Waals surface area contributed by atoms with Crippen LogP contribution in [0.4, 0.5) is 5.69 Å². The van der Waals surface area contributed by atoms with Gasteiger partial charge in [0, 0.05) is 19.2 Å². The molecule has 0 radical (unpaired) electrons. The summed E-state index contributed by atoms with van der Waals surface area (Å²) < 4.78 is 5.27. The molecule has 0 fully saturated rings. The van der Waals surface area contributed by atoms with E-state index in [-0.39, 0.29) is 12.5 Å². The van der Waals surface area contributed by atoms with E-state index in [4.69, 9.17) is 4.74 Å². The molecule has 2 aromatic carbocycles. The Morgan fingerprint density at radius 1 is 1.11 bits per heavy atom. The van der Waals surface area contributed by atoms with Gasteiger partial charge in [0.1, 0.15) is 0 Å². The Kier molecular flexibility index (Phi) is 5.26. The summed E-state index contributed by atoms with van der Waals surface area (Å²) in [6.45, 7) is 3.70. The Labute approximate surface area is 158 Å². The van der Waals surface area contributed by atoms with E-state index in [2.05, 4.69) is 5.32 Å². The van der Waals surface area contributed by atoms with Gasteiger partial charge in [-0.1, -0.05) is 36.4 Å². The first kappa shape index (κ1) is 18.6. The Balaban J connectivity index is 1.64. The molecule has 0 aromatic heterocycles. The lowest BCUT2D eigenvalue weighted by atomic mass is 9.98. The lowest BCUT2D eigenvalue weighted by molar-refractivity contribution is -0.141. The Morgan fingerprint density at radius 3 is 2.48 bits per heavy atom. The number of para-hydroxylation sites is 1. The summed E-state index contributed by atoms with van der Waals surface area (Å²) in [7, 11) is 1.53. The number of rotatable bonds is 4. The zero-order valence-corrected chi connectivity index (χ0v) is 15.6. The number of cyclic esters (lactones) is 1. The number of nitrogens with one attached hydrogen (secondary N) is 1. The number of aryl methyl sites for hydroxylation is 2. The van der Waals surface area contributed by atoms with Crippen molar-refractivity contribution in [3.63, 3.8) is 0 Å². The van der Waals surface area contributed by atoms with Crippen LogP contribution in [0.2, 0.25) is 0 Å². The Bertz CT molecular complexity index is 887. The number of carbonyl (C=O) groups excluding carboxylic acids is 3. The van der Waals surface area contributed by atoms with Gasteiger partial charge in [-0.3, -0.25) is 9.59 Å². The fourth-order valence-corrected chi connectivity index (χ4v) is 3.20. The van der Waals surface area contributed by atoms with Crippen LogP contribution in [0.15, 0.2) is 42.5 Å². The summed E-state index contributed by atoms with van der Waals surface area (Å²) >= 11 is 0. The van der Waals surface area contributed by atoms with E-state index < -0.39 is 18.0 Å². The van der Waals surface area contributed by atoms with Crippen molar-refractivity contribution in [3.05, 3.63) is 64.7 Å². The predicted octanol–water partition coefficient (Wildman–Crippen LogP) is 2.48. The first-order valence-electron chi connectivity index (χ1n) is 8.76. The zero-order chi connectivity index (χ0) is 19.6. The van der Waals surface area contributed by atoms with Crippen LogP contribution in [0.3, 0.4) is 0 Å². The highest BCUT2D eigenvalue weighted by Gasteiger charge is 2.33. The zero-order valence-electron chi connectivity index (χ0n) is 15.6. The smallest absolute Gasteiger partial charge is 0.339 e. The molecule has 6 nitrogen and oxygen atoms in total. The van der Waals surface area contributed by atoms with Gasteiger partial charge in [-0.15, -0.1) is 0 Å². The highest BCUT2D eigenvalue weighted by Crippen LogP contribution is 2.22. The van der Waals surface area contributed by atoms with E-state index in [9.17, 15) is 14.4 Å². The van der Waals surface area contributed by atoms with E-state index in [1.807, 2.05) is 44.2 Å². The average Bonchev–Trinajstić information content (AvgIpc) is 2.64. The number of hydrogen-bond acceptors (Lipinski definition) is 4. The van der Waals surface area contributed by atoms with Gasteiger partial charge < -0.3 is 15.0 Å². The first-order chi connectivity index (χ1) is 12.9. The molecule has 1 atom stereocenters. The minimum atomic E-state index is -0.912. The van der Waals surface area contributed by atoms with Gasteiger partial charge in [0.2, 0.25) is 5.91 Å². The van der Waals surface area contributed by atoms with Crippen LogP contribution >= 0.6 is 0 Å². The highest BCUT2D eigenvalue weighted by atomic mass is 16.5. The number of benzene rings is 2. The van der Waals surface area contributed by atoms with E-state index in [1.165, 1.54) is 11.9 Å². The number of ether oxygens (including phenoxy) is 1. The second kappa shape index (κ2) is 7.61. The van der Waals surface area contributed by atoms with Crippen molar-refractivity contribution in [1.82, 2.24) is 4.90 Å². The molecular weight excluding hydrogens is 344 g/mol. The van der Waals surface area contributed by atoms with E-state index >= 15 is 0 Å². The molecule has 3 rings (SSSR count). The van der Waals surface area contributed by atoms with E-state index in [0.717, 1.165) is 22.4 Å². The molecule has 1 aliphatic rings. The number of fused-ring (bicyclic) bond motifs is 1. The largest absolute Gasteiger partial charge is 0.448 e. The molecule has 1 N–H and O–H groups in total. The summed E-state index contributed by atoms with van der Waals surface area (Å²) in [5, 5.41) is 2.85. The van der Waals surface area contributed by atoms with Gasteiger partial charge in [-0.05, 0) is 36.6 Å². The predicted molar refractivity (Wildman–Crippen MR) is 102 cm³/mol. The van der Waals surface area contributed by atoms with Gasteiger partial charge >= 0.3 is 5.97 Å². The third-order valence-electron chi connectivity index (χ3n) is 4.67. The van der Waals surface area contributed by atoms with Crippen molar-refractivity contribution in [2.45, 2.75) is 26.4 Å². The molecule has 1 unspecified atom stereocenters. The second-order valence-corrected chi connectivity index (χ2v) is 6.76. The highest BCUT2D eigenvalue weighted by molar-refractivity contribution is 5.98. The molecule has 0 bridgehead atoms. The SMILES string of the molecule is Cc1cccc(C)c1NC(=O)CN(C)C(=O)C1Cc2ccccc2C(=O)O1. The topological polar surface area (TPSA) is 75.7 Å². The summed E-state index contributed by atoms with van der Waals surface area (Å²) in [4.78, 5) is 38.4. The molecule has 0 saturated carbocycles. The number of hydrogen-bond donors (Lipinski definition) is 1. The maximum Gasteiger partial charge on any atom is 0.339 e. The third kappa shape index (κ3) is 4.00. The lowest BCUT2D eigenvalue weighted by Crippen LogP contribution is -2.45. The van der Waals surface area contributed by atoms with Gasteiger partial charge in [-0.2, -0.15) is 0 Å². The Morgan fingerprint density at radius 2 is 1.78 bits per heavy atom. The maximum atomic E-state index is 12.6. The third-order valence-corrected chi connectivity index (χ3v) is 4.67.